The van der Waals surface area contributed by atoms with E-state index < -0.39 is 0 Å². The van der Waals surface area contributed by atoms with Gasteiger partial charge in [0.2, 0.25) is 0 Å². The summed E-state index contributed by atoms with van der Waals surface area (Å²) in [6.45, 7) is 0. The van der Waals surface area contributed by atoms with E-state index in [-0.39, 0.29) is 4.79 Å². The van der Waals surface area contributed by atoms with Crippen molar-refractivity contribution in [3.05, 3.63) is 19.0 Å². The zero-order valence-corrected chi connectivity index (χ0v) is 3.45. The Morgan fingerprint density at radius 3 is 2.14 bits per heavy atom. The summed E-state index contributed by atoms with van der Waals surface area (Å²) in [6.07, 6.45) is 3.30. The van der Waals surface area contributed by atoms with Crippen molar-refractivity contribution in [2.75, 3.05) is 0 Å². The van der Waals surface area contributed by atoms with E-state index in [9.17, 15) is 4.48 Å². The van der Waals surface area contributed by atoms with E-state index in [0.717, 1.165) is 12.7 Å². The highest BCUT2D eigenvalue weighted by Gasteiger charge is 1.85. The maximum Gasteiger partial charge on any atom is 0.264 e. The number of halogens is 1. The Morgan fingerprint density at radius 1 is 1.29 bits per heavy atom. The zero-order valence-electron chi connectivity index (χ0n) is 3.45. The van der Waals surface area contributed by atoms with Crippen molar-refractivity contribution in [3.8, 4) is 0 Å². The number of aromatic nitrogens is 3. The van der Waals surface area contributed by atoms with Crippen molar-refractivity contribution in [2.45, 2.75) is 0 Å². The topological polar surface area (TPSA) is 29.7 Å². The van der Waals surface area contributed by atoms with Gasteiger partial charge in [-0.2, -0.15) is 0 Å². The summed E-state index contributed by atoms with van der Waals surface area (Å²) in [5.41, 5.74) is 0. The Hall–Kier alpha value is -1.06. The molecule has 0 aliphatic carbocycles. The van der Waals surface area contributed by atoms with E-state index in [1.54, 1.807) is 0 Å². The molecular weight excluding hydrogens is 97.1 g/mol. The summed E-state index contributed by atoms with van der Waals surface area (Å²) in [5.74, 6) is 0. The second kappa shape index (κ2) is 1.59. The molecule has 1 rings (SSSR count). The lowest BCUT2D eigenvalue weighted by atomic mass is 11.1. The standard InChI is InChI=1S/C3H3FN3/c4-7-2-5-1-6-3-7/h1-3H/q+1. The van der Waals surface area contributed by atoms with Gasteiger partial charge in [-0.1, -0.05) is 14.8 Å². The highest BCUT2D eigenvalue weighted by Crippen LogP contribution is 1.58. The molecular formula is C3H3FN3+. The van der Waals surface area contributed by atoms with Crippen molar-refractivity contribution in [2.24, 2.45) is 0 Å². The van der Waals surface area contributed by atoms with Crippen molar-refractivity contribution in [3.63, 3.8) is 0 Å². The smallest absolute Gasteiger partial charge is 0.0783 e. The van der Waals surface area contributed by atoms with Gasteiger partial charge in [0.05, 0.1) is 0 Å². The highest BCUT2D eigenvalue weighted by atomic mass is 19.2. The van der Waals surface area contributed by atoms with Gasteiger partial charge in [0.15, 0.2) is 0 Å². The Labute approximate surface area is 39.4 Å². The summed E-state index contributed by atoms with van der Waals surface area (Å²) >= 11 is 0. The molecule has 0 aliphatic rings. The first-order valence-corrected chi connectivity index (χ1v) is 1.72. The summed E-state index contributed by atoms with van der Waals surface area (Å²) in [7, 11) is 0. The summed E-state index contributed by atoms with van der Waals surface area (Å²) in [6, 6.07) is 0. The minimum absolute atomic E-state index is 0.278. The molecule has 1 aromatic rings. The van der Waals surface area contributed by atoms with Gasteiger partial charge in [0, 0.05) is 0 Å². The minimum atomic E-state index is 0.278. The van der Waals surface area contributed by atoms with Crippen LogP contribution in [0.3, 0.4) is 0 Å². The molecule has 0 aliphatic heterocycles. The highest BCUT2D eigenvalue weighted by molar-refractivity contribution is 4.40. The maximum atomic E-state index is 11.7. The molecule has 0 amide bonds. The predicted molar refractivity (Wildman–Crippen MR) is 18.7 cm³/mol. The molecule has 1 heterocycles. The van der Waals surface area contributed by atoms with Crippen LogP contribution in [0.2, 0.25) is 0 Å². The summed E-state index contributed by atoms with van der Waals surface area (Å²) < 4.78 is 11.7. The van der Waals surface area contributed by atoms with Gasteiger partial charge in [0.1, 0.15) is 0 Å². The lowest BCUT2D eigenvalue weighted by Gasteiger charge is -1.70. The van der Waals surface area contributed by atoms with Crippen LogP contribution in [0.25, 0.3) is 0 Å². The molecule has 0 fully saturated rings. The molecule has 36 valence electrons. The largest absolute Gasteiger partial charge is 0.264 e. The van der Waals surface area contributed by atoms with Crippen molar-refractivity contribution < 1.29 is 9.27 Å². The van der Waals surface area contributed by atoms with Crippen LogP contribution in [-0.4, -0.2) is 9.97 Å². The molecule has 0 atom stereocenters. The Morgan fingerprint density at radius 2 is 1.86 bits per heavy atom. The van der Waals surface area contributed by atoms with Crippen LogP contribution in [0.1, 0.15) is 0 Å². The molecule has 1 aromatic heterocycles. The third-order valence-corrected chi connectivity index (χ3v) is 0.487. The second-order valence-corrected chi connectivity index (χ2v) is 0.989. The lowest BCUT2D eigenvalue weighted by Crippen LogP contribution is -2.21. The van der Waals surface area contributed by atoms with E-state index in [1.807, 2.05) is 0 Å². The molecule has 3 nitrogen and oxygen atoms in total. The second-order valence-electron chi connectivity index (χ2n) is 0.989. The maximum absolute atomic E-state index is 11.7. The van der Waals surface area contributed by atoms with Gasteiger partial charge in [-0.15, -0.1) is 0 Å². The Balaban J connectivity index is 3.02. The Bertz CT molecular complexity index is 140. The number of hydrogen-bond acceptors (Lipinski definition) is 2. The van der Waals surface area contributed by atoms with Gasteiger partial charge in [-0.05, 0) is 4.48 Å². The fourth-order valence-electron chi connectivity index (χ4n) is 0.255. The third-order valence-electron chi connectivity index (χ3n) is 0.487. The third kappa shape index (κ3) is 0.887. The van der Waals surface area contributed by atoms with Gasteiger partial charge in [-0.3, -0.25) is 0 Å². The van der Waals surface area contributed by atoms with E-state index in [1.165, 1.54) is 6.33 Å². The van der Waals surface area contributed by atoms with Crippen LogP contribution in [-0.2, 0) is 0 Å². The molecule has 0 saturated heterocycles. The van der Waals surface area contributed by atoms with Crippen LogP contribution in [0.4, 0.5) is 4.48 Å². The number of nitrogens with zero attached hydrogens (tertiary/aromatic N) is 3. The molecule has 7 heavy (non-hydrogen) atoms. The fourth-order valence-corrected chi connectivity index (χ4v) is 0.255. The molecule has 0 saturated carbocycles. The first-order valence-electron chi connectivity index (χ1n) is 1.72. The fraction of sp³-hybridized carbons (Fsp3) is 0. The van der Waals surface area contributed by atoms with Gasteiger partial charge in [-0.25, -0.2) is 0 Å². The summed E-state index contributed by atoms with van der Waals surface area (Å²) in [5, 5.41) is 0. The molecule has 0 unspecified atom stereocenters. The molecule has 4 heteroatoms. The quantitative estimate of drug-likeness (QED) is 0.439. The zero-order chi connectivity index (χ0) is 5.11. The monoisotopic (exact) mass is 100 g/mol. The Kier molecular flexibility index (Phi) is 0.934. The van der Waals surface area contributed by atoms with Crippen LogP contribution in [0.15, 0.2) is 19.0 Å². The molecule has 0 N–H and O–H groups in total. The van der Waals surface area contributed by atoms with Crippen LogP contribution in [0.5, 0.6) is 0 Å². The predicted octanol–water partition coefficient (Wildman–Crippen LogP) is -0.503. The molecule has 0 radical (unpaired) electrons. The van der Waals surface area contributed by atoms with Gasteiger partial charge < -0.3 is 0 Å². The van der Waals surface area contributed by atoms with E-state index in [0.29, 0.717) is 0 Å². The van der Waals surface area contributed by atoms with Crippen molar-refractivity contribution in [1.82, 2.24) is 9.97 Å². The first kappa shape index (κ1) is 4.11. The first-order chi connectivity index (χ1) is 3.39. The van der Waals surface area contributed by atoms with Gasteiger partial charge in [0.25, 0.3) is 19.0 Å². The minimum Gasteiger partial charge on any atom is -0.0783 e. The number of rotatable bonds is 0. The number of hydrogen-bond donors (Lipinski definition) is 0. The molecule has 0 bridgehead atoms. The van der Waals surface area contributed by atoms with Crippen molar-refractivity contribution in [1.29, 1.82) is 0 Å². The average molecular weight is 100 g/mol. The van der Waals surface area contributed by atoms with E-state index in [4.69, 9.17) is 0 Å². The average Bonchev–Trinajstić information content (AvgIpc) is 1.69. The SMILES string of the molecule is F[n+]1cncnc1. The van der Waals surface area contributed by atoms with E-state index >= 15 is 0 Å². The van der Waals surface area contributed by atoms with Crippen LogP contribution < -0.4 is 4.79 Å². The van der Waals surface area contributed by atoms with Crippen molar-refractivity contribution >= 4 is 0 Å². The lowest BCUT2D eigenvalue weighted by molar-refractivity contribution is -0.848. The summed E-state index contributed by atoms with van der Waals surface area (Å²) in [4.78, 5) is 7.00. The van der Waals surface area contributed by atoms with E-state index in [2.05, 4.69) is 9.97 Å². The normalized spacial score (nSPS) is 8.71. The van der Waals surface area contributed by atoms with Gasteiger partial charge >= 0.3 is 0 Å². The van der Waals surface area contributed by atoms with Crippen LogP contribution >= 0.6 is 0 Å². The van der Waals surface area contributed by atoms with Crippen LogP contribution in [0, 0.1) is 0 Å². The molecule has 0 spiro atoms. The molecule has 0 aromatic carbocycles.